The van der Waals surface area contributed by atoms with Crippen molar-refractivity contribution in [3.8, 4) is 0 Å². The fourth-order valence-electron chi connectivity index (χ4n) is 2.90. The summed E-state index contributed by atoms with van der Waals surface area (Å²) in [6, 6.07) is 5.92. The van der Waals surface area contributed by atoms with Gasteiger partial charge < -0.3 is 10.2 Å². The predicted molar refractivity (Wildman–Crippen MR) is 96.3 cm³/mol. The molecule has 0 bridgehead atoms. The number of benzene rings is 1. The van der Waals surface area contributed by atoms with E-state index in [1.54, 1.807) is 25.4 Å². The predicted octanol–water partition coefficient (Wildman–Crippen LogP) is 2.08. The smallest absolute Gasteiger partial charge is 0.282 e. The standard InChI is InChI=1S/C17H18BrFN4O2/c1-22-17(25)15(18)14(10-20-22)23-8-6-11(7-9-23)21-16(24)12-4-2-3-5-13(12)19/h2-5,10-11H,6-9H2,1H3,(H,21,24). The van der Waals surface area contributed by atoms with Crippen molar-refractivity contribution in [3.05, 3.63) is 56.7 Å². The quantitative estimate of drug-likeness (QED) is 0.843. The van der Waals surface area contributed by atoms with Crippen molar-refractivity contribution in [3.63, 3.8) is 0 Å². The number of aryl methyl sites for hydroxylation is 1. The zero-order valence-corrected chi connectivity index (χ0v) is 15.3. The molecule has 25 heavy (non-hydrogen) atoms. The van der Waals surface area contributed by atoms with Crippen molar-refractivity contribution in [1.82, 2.24) is 15.1 Å². The van der Waals surface area contributed by atoms with Gasteiger partial charge in [0.2, 0.25) is 0 Å². The Morgan fingerprint density at radius 1 is 1.32 bits per heavy atom. The summed E-state index contributed by atoms with van der Waals surface area (Å²) in [7, 11) is 1.60. The SMILES string of the molecule is Cn1ncc(N2CCC(NC(=O)c3ccccc3F)CC2)c(Br)c1=O. The number of aromatic nitrogens is 2. The number of piperidine rings is 1. The normalized spacial score (nSPS) is 15.2. The molecule has 8 heteroatoms. The van der Waals surface area contributed by atoms with Crippen LogP contribution in [-0.4, -0.2) is 34.8 Å². The van der Waals surface area contributed by atoms with Crippen molar-refractivity contribution in [2.45, 2.75) is 18.9 Å². The lowest BCUT2D eigenvalue weighted by Crippen LogP contribution is -2.45. The number of halogens is 2. The third-order valence-corrected chi connectivity index (χ3v) is 5.09. The third-order valence-electron chi connectivity index (χ3n) is 4.35. The second-order valence-corrected chi connectivity index (χ2v) is 6.78. The van der Waals surface area contributed by atoms with E-state index in [0.29, 0.717) is 30.4 Å². The molecular formula is C17H18BrFN4O2. The van der Waals surface area contributed by atoms with Crippen LogP contribution in [0.3, 0.4) is 0 Å². The molecule has 1 aromatic carbocycles. The maximum atomic E-state index is 13.7. The second-order valence-electron chi connectivity index (χ2n) is 5.99. The van der Waals surface area contributed by atoms with Crippen LogP contribution >= 0.6 is 15.9 Å². The van der Waals surface area contributed by atoms with E-state index < -0.39 is 11.7 Å². The van der Waals surface area contributed by atoms with Gasteiger partial charge >= 0.3 is 0 Å². The van der Waals surface area contributed by atoms with Crippen molar-refractivity contribution in [1.29, 1.82) is 0 Å². The van der Waals surface area contributed by atoms with Crippen LogP contribution in [0.2, 0.25) is 0 Å². The Bertz CT molecular complexity index is 847. The minimum atomic E-state index is -0.521. The maximum absolute atomic E-state index is 13.7. The number of carbonyl (C=O) groups is 1. The summed E-state index contributed by atoms with van der Waals surface area (Å²) in [6.45, 7) is 1.35. The monoisotopic (exact) mass is 408 g/mol. The Morgan fingerprint density at radius 3 is 2.68 bits per heavy atom. The lowest BCUT2D eigenvalue weighted by atomic mass is 10.0. The molecule has 1 aromatic heterocycles. The maximum Gasteiger partial charge on any atom is 0.282 e. The summed E-state index contributed by atoms with van der Waals surface area (Å²) >= 11 is 3.33. The molecule has 2 heterocycles. The molecule has 0 unspecified atom stereocenters. The van der Waals surface area contributed by atoms with Gasteiger partial charge in [0.25, 0.3) is 11.5 Å². The van der Waals surface area contributed by atoms with Crippen LogP contribution in [0, 0.1) is 5.82 Å². The summed E-state index contributed by atoms with van der Waals surface area (Å²) in [5, 5.41) is 6.94. The Balaban J connectivity index is 1.63. The van der Waals surface area contributed by atoms with E-state index in [0.717, 1.165) is 5.69 Å². The van der Waals surface area contributed by atoms with Gasteiger partial charge in [-0.1, -0.05) is 12.1 Å². The first kappa shape index (κ1) is 17.6. The summed E-state index contributed by atoms with van der Waals surface area (Å²) in [4.78, 5) is 26.2. The van der Waals surface area contributed by atoms with Gasteiger partial charge in [-0.25, -0.2) is 9.07 Å². The molecule has 0 aliphatic carbocycles. The van der Waals surface area contributed by atoms with Crippen LogP contribution < -0.4 is 15.8 Å². The van der Waals surface area contributed by atoms with Gasteiger partial charge in [0.1, 0.15) is 10.3 Å². The lowest BCUT2D eigenvalue weighted by Gasteiger charge is -2.34. The number of nitrogens with zero attached hydrogens (tertiary/aromatic N) is 3. The van der Waals surface area contributed by atoms with E-state index in [4.69, 9.17) is 0 Å². The molecule has 132 valence electrons. The summed E-state index contributed by atoms with van der Waals surface area (Å²) in [5.74, 6) is -0.916. The fraction of sp³-hybridized carbons (Fsp3) is 0.353. The highest BCUT2D eigenvalue weighted by Gasteiger charge is 2.24. The van der Waals surface area contributed by atoms with Crippen molar-refractivity contribution < 1.29 is 9.18 Å². The highest BCUT2D eigenvalue weighted by atomic mass is 79.9. The zero-order valence-electron chi connectivity index (χ0n) is 13.7. The highest BCUT2D eigenvalue weighted by Crippen LogP contribution is 2.25. The number of hydrogen-bond donors (Lipinski definition) is 1. The van der Waals surface area contributed by atoms with Crippen molar-refractivity contribution >= 4 is 27.5 Å². The van der Waals surface area contributed by atoms with Crippen molar-refractivity contribution in [2.24, 2.45) is 7.05 Å². The third kappa shape index (κ3) is 3.73. The highest BCUT2D eigenvalue weighted by molar-refractivity contribution is 9.10. The largest absolute Gasteiger partial charge is 0.369 e. The van der Waals surface area contributed by atoms with Gasteiger partial charge in [-0.15, -0.1) is 0 Å². The number of nitrogens with one attached hydrogen (secondary N) is 1. The van der Waals surface area contributed by atoms with Gasteiger partial charge in [0, 0.05) is 26.2 Å². The summed E-state index contributed by atoms with van der Waals surface area (Å²) in [5.41, 5.74) is 0.623. The Hall–Kier alpha value is -2.22. The number of carbonyl (C=O) groups excluding carboxylic acids is 1. The molecule has 0 spiro atoms. The Morgan fingerprint density at radius 2 is 2.00 bits per heavy atom. The van der Waals surface area contributed by atoms with Crippen molar-refractivity contribution in [2.75, 3.05) is 18.0 Å². The van der Waals surface area contributed by atoms with E-state index in [2.05, 4.69) is 31.2 Å². The molecule has 0 saturated carbocycles. The average molecular weight is 409 g/mol. The minimum absolute atomic E-state index is 0.0263. The molecular weight excluding hydrogens is 391 g/mol. The molecule has 0 radical (unpaired) electrons. The second kappa shape index (κ2) is 7.35. The van der Waals surface area contributed by atoms with E-state index in [1.807, 2.05) is 0 Å². The van der Waals surface area contributed by atoms with Gasteiger partial charge in [-0.3, -0.25) is 9.59 Å². The van der Waals surface area contributed by atoms with Crippen LogP contribution in [0.25, 0.3) is 0 Å². The zero-order chi connectivity index (χ0) is 18.0. The number of amides is 1. The topological polar surface area (TPSA) is 67.2 Å². The van der Waals surface area contributed by atoms with Gasteiger partial charge in [-0.05, 0) is 40.9 Å². The number of rotatable bonds is 3. The minimum Gasteiger partial charge on any atom is -0.369 e. The van der Waals surface area contributed by atoms with E-state index in [1.165, 1.54) is 16.8 Å². The van der Waals surface area contributed by atoms with Gasteiger partial charge in [0.05, 0.1) is 17.4 Å². The molecule has 1 N–H and O–H groups in total. The molecule has 3 rings (SSSR count). The van der Waals surface area contributed by atoms with E-state index in [-0.39, 0.29) is 17.2 Å². The summed E-state index contributed by atoms with van der Waals surface area (Å²) in [6.07, 6.45) is 3.08. The van der Waals surface area contributed by atoms with Crippen LogP contribution in [-0.2, 0) is 7.05 Å². The van der Waals surface area contributed by atoms with Crippen LogP contribution in [0.1, 0.15) is 23.2 Å². The number of hydrogen-bond acceptors (Lipinski definition) is 4. The molecule has 1 amide bonds. The Labute approximate surface area is 152 Å². The fourth-order valence-corrected chi connectivity index (χ4v) is 3.51. The van der Waals surface area contributed by atoms with Gasteiger partial charge in [-0.2, -0.15) is 5.10 Å². The van der Waals surface area contributed by atoms with Crippen LogP contribution in [0.15, 0.2) is 39.7 Å². The van der Waals surface area contributed by atoms with E-state index in [9.17, 15) is 14.0 Å². The number of anilines is 1. The summed E-state index contributed by atoms with van der Waals surface area (Å²) < 4.78 is 15.4. The first-order chi connectivity index (χ1) is 12.0. The average Bonchev–Trinajstić information content (AvgIpc) is 2.61. The Kier molecular flexibility index (Phi) is 5.17. The molecule has 1 saturated heterocycles. The first-order valence-corrected chi connectivity index (χ1v) is 8.79. The molecule has 6 nitrogen and oxygen atoms in total. The lowest BCUT2D eigenvalue weighted by molar-refractivity contribution is 0.0927. The van der Waals surface area contributed by atoms with Crippen LogP contribution in [0.4, 0.5) is 10.1 Å². The van der Waals surface area contributed by atoms with Gasteiger partial charge in [0.15, 0.2) is 0 Å². The molecule has 1 aliphatic rings. The molecule has 1 fully saturated rings. The van der Waals surface area contributed by atoms with Crippen LogP contribution in [0.5, 0.6) is 0 Å². The first-order valence-electron chi connectivity index (χ1n) is 7.99. The van der Waals surface area contributed by atoms with E-state index >= 15 is 0 Å². The molecule has 2 aromatic rings. The molecule has 0 atom stereocenters. The molecule has 1 aliphatic heterocycles.